The largest absolute Gasteiger partial charge is 0.329 e. The maximum Gasteiger partial charge on any atom is 0.163 e. The van der Waals surface area contributed by atoms with Gasteiger partial charge in [0.1, 0.15) is 5.82 Å². The number of anilines is 1. The van der Waals surface area contributed by atoms with Crippen LogP contribution in [0.15, 0.2) is 42.5 Å². The fourth-order valence-electron chi connectivity index (χ4n) is 2.66. The first-order chi connectivity index (χ1) is 16.1. The van der Waals surface area contributed by atoms with Crippen LogP contribution in [-0.4, -0.2) is 4.75 Å². The van der Waals surface area contributed by atoms with Gasteiger partial charge in [0.25, 0.3) is 0 Å². The van der Waals surface area contributed by atoms with E-state index < -0.39 is 11.6 Å². The molecule has 0 aliphatic heterocycles. The Morgan fingerprint density at radius 1 is 0.941 bits per heavy atom. The standard InChI is InChI=1S/C15H19F2NS.C8H9F.C4H10.C2H6/c1-4-10(2)9-15(7-8-15)19-18-13-6-5-12(16)14(17)11(13)3;1-6-3-4-7(2)8(9)5-6;1-3-4-2;1-2/h5-6,18H,2,4,7-9H2,1,3H3;3-5H,1-2H3;3-4H2,1-2H3;1-2H3. The molecule has 1 nitrogen and oxygen atoms in total. The highest BCUT2D eigenvalue weighted by molar-refractivity contribution is 8.02. The molecule has 0 amide bonds. The van der Waals surface area contributed by atoms with Crippen molar-refractivity contribution >= 4 is 17.6 Å². The van der Waals surface area contributed by atoms with Crippen molar-refractivity contribution in [2.75, 3.05) is 4.72 Å². The van der Waals surface area contributed by atoms with E-state index in [1.807, 2.05) is 26.8 Å². The molecule has 2 aromatic rings. The Bertz CT molecular complexity index is 874. The highest BCUT2D eigenvalue weighted by Crippen LogP contribution is 2.52. The number of benzene rings is 2. The molecule has 34 heavy (non-hydrogen) atoms. The first-order valence-electron chi connectivity index (χ1n) is 12.4. The van der Waals surface area contributed by atoms with E-state index in [0.29, 0.717) is 16.8 Å². The maximum atomic E-state index is 13.5. The number of rotatable bonds is 7. The number of halogens is 3. The van der Waals surface area contributed by atoms with Gasteiger partial charge in [0.05, 0.1) is 5.69 Å². The van der Waals surface area contributed by atoms with Crippen LogP contribution < -0.4 is 4.72 Å². The monoisotopic (exact) mass is 495 g/mol. The van der Waals surface area contributed by atoms with Gasteiger partial charge in [-0.05, 0) is 87.7 Å². The van der Waals surface area contributed by atoms with Crippen molar-refractivity contribution in [3.05, 3.63) is 76.6 Å². The quantitative estimate of drug-likeness (QED) is 0.303. The Labute approximate surface area is 210 Å². The van der Waals surface area contributed by atoms with Crippen molar-refractivity contribution in [3.63, 3.8) is 0 Å². The Morgan fingerprint density at radius 2 is 1.53 bits per heavy atom. The van der Waals surface area contributed by atoms with Crippen LogP contribution in [0.1, 0.15) is 89.8 Å². The van der Waals surface area contributed by atoms with Gasteiger partial charge in [0.2, 0.25) is 0 Å². The third-order valence-corrected chi connectivity index (χ3v) is 6.73. The van der Waals surface area contributed by atoms with E-state index in [9.17, 15) is 13.2 Å². The van der Waals surface area contributed by atoms with E-state index in [0.717, 1.165) is 37.3 Å². The third kappa shape index (κ3) is 11.5. The lowest BCUT2D eigenvalue weighted by molar-refractivity contribution is 0.504. The topological polar surface area (TPSA) is 12.0 Å². The van der Waals surface area contributed by atoms with Crippen LogP contribution in [0, 0.1) is 38.2 Å². The first-order valence-corrected chi connectivity index (χ1v) is 13.2. The van der Waals surface area contributed by atoms with E-state index in [2.05, 4.69) is 32.1 Å². The van der Waals surface area contributed by atoms with Crippen LogP contribution in [0.25, 0.3) is 0 Å². The molecule has 1 N–H and O–H groups in total. The second-order valence-electron chi connectivity index (χ2n) is 8.45. The molecule has 0 atom stereocenters. The number of hydrogen-bond donors (Lipinski definition) is 1. The Balaban J connectivity index is 0.000000602. The molecule has 0 heterocycles. The molecule has 0 unspecified atom stereocenters. The summed E-state index contributed by atoms with van der Waals surface area (Å²) < 4.78 is 42.5. The normalized spacial score (nSPS) is 12.7. The molecule has 0 spiro atoms. The second-order valence-corrected chi connectivity index (χ2v) is 9.73. The predicted octanol–water partition coefficient (Wildman–Crippen LogP) is 10.5. The Hall–Kier alpha value is -1.88. The average Bonchev–Trinajstić information content (AvgIpc) is 3.60. The van der Waals surface area contributed by atoms with Crippen molar-refractivity contribution in [2.24, 2.45) is 0 Å². The molecular weight excluding hydrogens is 451 g/mol. The smallest absolute Gasteiger partial charge is 0.163 e. The Kier molecular flexibility index (Phi) is 15.8. The predicted molar refractivity (Wildman–Crippen MR) is 146 cm³/mol. The lowest BCUT2D eigenvalue weighted by atomic mass is 10.1. The molecule has 0 aromatic heterocycles. The van der Waals surface area contributed by atoms with Gasteiger partial charge in [0, 0.05) is 10.3 Å². The molecule has 1 fully saturated rings. The van der Waals surface area contributed by atoms with Crippen LogP contribution >= 0.6 is 11.9 Å². The number of unbranched alkanes of at least 4 members (excludes halogenated alkanes) is 1. The SMILES string of the molecule is C=C(CC)CC1(SNc2ccc(F)c(F)c2C)CC1.CC.CCCC.Cc1ccc(C)c(F)c1. The van der Waals surface area contributed by atoms with E-state index in [1.165, 1.54) is 24.5 Å². The van der Waals surface area contributed by atoms with Gasteiger partial charge in [0.15, 0.2) is 11.6 Å². The molecule has 0 saturated heterocycles. The van der Waals surface area contributed by atoms with Gasteiger partial charge in [-0.2, -0.15) is 0 Å². The summed E-state index contributed by atoms with van der Waals surface area (Å²) in [5.41, 5.74) is 3.91. The average molecular weight is 496 g/mol. The molecule has 192 valence electrons. The molecular formula is C29H44F3NS. The summed E-state index contributed by atoms with van der Waals surface area (Å²) in [5.74, 6) is -1.68. The molecule has 0 radical (unpaired) electrons. The highest BCUT2D eigenvalue weighted by atomic mass is 32.2. The van der Waals surface area contributed by atoms with Gasteiger partial charge in [-0.15, -0.1) is 0 Å². The van der Waals surface area contributed by atoms with Crippen LogP contribution in [0.4, 0.5) is 18.9 Å². The lowest BCUT2D eigenvalue weighted by Gasteiger charge is -2.18. The van der Waals surface area contributed by atoms with Gasteiger partial charge < -0.3 is 4.72 Å². The van der Waals surface area contributed by atoms with Crippen molar-refractivity contribution in [1.82, 2.24) is 0 Å². The van der Waals surface area contributed by atoms with E-state index >= 15 is 0 Å². The Morgan fingerprint density at radius 3 is 1.97 bits per heavy atom. The molecule has 2 aromatic carbocycles. The number of nitrogens with one attached hydrogen (secondary N) is 1. The minimum absolute atomic E-state index is 0.116. The maximum absolute atomic E-state index is 13.5. The zero-order valence-electron chi connectivity index (χ0n) is 22.4. The van der Waals surface area contributed by atoms with Crippen LogP contribution in [0.5, 0.6) is 0 Å². The van der Waals surface area contributed by atoms with Crippen LogP contribution in [0.2, 0.25) is 0 Å². The zero-order valence-corrected chi connectivity index (χ0v) is 23.2. The second kappa shape index (κ2) is 16.7. The van der Waals surface area contributed by atoms with E-state index in [1.54, 1.807) is 37.9 Å². The first kappa shape index (κ1) is 32.1. The number of hydrogen-bond acceptors (Lipinski definition) is 2. The van der Waals surface area contributed by atoms with Gasteiger partial charge in [-0.3, -0.25) is 0 Å². The number of aryl methyl sites for hydroxylation is 2. The summed E-state index contributed by atoms with van der Waals surface area (Å²) in [6, 6.07) is 7.97. The molecule has 1 aliphatic rings. The molecule has 5 heteroatoms. The fraction of sp³-hybridized carbons (Fsp3) is 0.517. The van der Waals surface area contributed by atoms with Crippen LogP contribution in [-0.2, 0) is 0 Å². The molecule has 1 aliphatic carbocycles. The summed E-state index contributed by atoms with van der Waals surface area (Å²) in [7, 11) is 0. The highest BCUT2D eigenvalue weighted by Gasteiger charge is 2.43. The summed E-state index contributed by atoms with van der Waals surface area (Å²) in [6.07, 6.45) is 6.91. The minimum Gasteiger partial charge on any atom is -0.329 e. The summed E-state index contributed by atoms with van der Waals surface area (Å²) in [4.78, 5) is 0. The van der Waals surface area contributed by atoms with Gasteiger partial charge in [-0.25, -0.2) is 13.2 Å². The lowest BCUT2D eigenvalue weighted by Crippen LogP contribution is -2.08. The molecule has 3 rings (SSSR count). The fourth-order valence-corrected chi connectivity index (χ4v) is 3.79. The van der Waals surface area contributed by atoms with Crippen molar-refractivity contribution in [1.29, 1.82) is 0 Å². The van der Waals surface area contributed by atoms with Gasteiger partial charge in [-0.1, -0.05) is 71.7 Å². The summed E-state index contributed by atoms with van der Waals surface area (Å²) in [6.45, 7) is 19.7. The third-order valence-electron chi connectivity index (χ3n) is 5.42. The van der Waals surface area contributed by atoms with Gasteiger partial charge >= 0.3 is 0 Å². The summed E-state index contributed by atoms with van der Waals surface area (Å²) in [5, 5.41) is 0. The van der Waals surface area contributed by atoms with Crippen LogP contribution in [0.3, 0.4) is 0 Å². The van der Waals surface area contributed by atoms with E-state index in [4.69, 9.17) is 0 Å². The summed E-state index contributed by atoms with van der Waals surface area (Å²) >= 11 is 1.62. The number of allylic oxidation sites excluding steroid dienone is 1. The zero-order chi connectivity index (χ0) is 26.3. The van der Waals surface area contributed by atoms with Crippen molar-refractivity contribution in [3.8, 4) is 0 Å². The molecule has 1 saturated carbocycles. The van der Waals surface area contributed by atoms with E-state index in [-0.39, 0.29) is 10.6 Å². The van der Waals surface area contributed by atoms with Crippen molar-refractivity contribution < 1.29 is 13.2 Å². The molecule has 0 bridgehead atoms. The van der Waals surface area contributed by atoms with Crippen molar-refractivity contribution in [2.45, 2.75) is 98.7 Å². The minimum atomic E-state index is -0.798.